The predicted octanol–water partition coefficient (Wildman–Crippen LogP) is 10.9. The van der Waals surface area contributed by atoms with Gasteiger partial charge in [-0.25, -0.2) is 9.97 Å². The highest BCUT2D eigenvalue weighted by Crippen LogP contribution is 2.45. The van der Waals surface area contributed by atoms with E-state index in [0.29, 0.717) is 0 Å². The number of nitrogens with zero attached hydrogens (tertiary/aromatic N) is 2. The quantitative estimate of drug-likeness (QED) is 0.0773. The van der Waals surface area contributed by atoms with Crippen LogP contribution in [0.4, 0.5) is 0 Å². The molecule has 0 amide bonds. The van der Waals surface area contributed by atoms with E-state index in [1.165, 1.54) is 121 Å². The molecule has 6 N–H and O–H groups in total. The zero-order chi connectivity index (χ0) is 48.8. The molecule has 0 saturated heterocycles. The van der Waals surface area contributed by atoms with Gasteiger partial charge in [-0.3, -0.25) is 18.2 Å². The number of H-pyrrole nitrogens is 2. The number of benzene rings is 4. The smallest absolute Gasteiger partial charge is 0.296 e. The summed E-state index contributed by atoms with van der Waals surface area (Å²) in [6.07, 6.45) is 5.74. The highest BCUT2D eigenvalue weighted by atomic mass is 35.5. The van der Waals surface area contributed by atoms with Crippen molar-refractivity contribution in [1.82, 2.24) is 19.9 Å². The minimum absolute atomic E-state index is 0.0204. The first-order valence-corrected chi connectivity index (χ1v) is 26.4. The second-order valence-corrected chi connectivity index (χ2v) is 21.9. The van der Waals surface area contributed by atoms with Crippen LogP contribution in [-0.4, -0.2) is 71.8 Å². The van der Waals surface area contributed by atoms with Gasteiger partial charge in [0.25, 0.3) is 40.5 Å². The number of hydrogen-bond acceptors (Lipinski definition) is 10. The average Bonchev–Trinajstić information content (AvgIpc) is 4.07. The van der Waals surface area contributed by atoms with Crippen LogP contribution in [0.3, 0.4) is 0 Å². The van der Waals surface area contributed by atoms with Crippen molar-refractivity contribution in [3.8, 4) is 44.5 Å². The number of aromatic nitrogens is 4. The summed E-state index contributed by atoms with van der Waals surface area (Å²) in [5, 5.41) is -1.53. The Balaban J connectivity index is 1.59. The molecule has 346 valence electrons. The van der Waals surface area contributed by atoms with Crippen molar-refractivity contribution in [2.24, 2.45) is 0 Å². The first-order chi connectivity index (χ1) is 31.9. The van der Waals surface area contributed by atoms with Crippen molar-refractivity contribution in [3.63, 3.8) is 0 Å². The van der Waals surface area contributed by atoms with Gasteiger partial charge in [-0.2, -0.15) is 33.7 Å². The monoisotopic (exact) mass is 1070 g/mol. The molecule has 0 aliphatic carbocycles. The Hall–Kier alpha value is -5.72. The normalized spacial score (nSPS) is 13.1. The Morgan fingerprint density at radius 3 is 0.735 bits per heavy atom. The lowest BCUT2D eigenvalue weighted by atomic mass is 10.0. The summed E-state index contributed by atoms with van der Waals surface area (Å²) >= 11 is 25.8. The lowest BCUT2D eigenvalue weighted by Gasteiger charge is -2.12. The topological polar surface area (TPSA) is 275 Å². The summed E-state index contributed by atoms with van der Waals surface area (Å²) < 4.78 is 147. The second kappa shape index (κ2) is 17.1. The standard InChI is InChI=1S/C44H26Cl4N4O12S4/c45-25-9-1-5-21(41(25)65(53,54)55)37-29-13-15-31(49-29)38(22-6-2-10-26(46)42(22)66(56,57)58)33-17-19-35(51-33)40(24-8-4-12-28(48)44(24)68(62,63)64)36-20-18-34(52-36)39(32-16-14-30(37)50-32)23-7-3-11-27(47)43(23)67(59,60)61/h1-20,49,52H,(H,53,54,55)(H,56,57,58)(H,59,60,61)(H,62,63,64). The van der Waals surface area contributed by atoms with E-state index < -0.39 is 60.1 Å². The van der Waals surface area contributed by atoms with Crippen LogP contribution in [-0.2, 0) is 40.5 Å². The van der Waals surface area contributed by atoms with Crippen LogP contribution in [0.25, 0.3) is 90.9 Å². The van der Waals surface area contributed by atoms with Crippen LogP contribution in [0.5, 0.6) is 0 Å². The van der Waals surface area contributed by atoms with E-state index in [1.54, 1.807) is 0 Å². The van der Waals surface area contributed by atoms with E-state index in [0.717, 1.165) is 0 Å². The van der Waals surface area contributed by atoms with Crippen LogP contribution in [0.1, 0.15) is 22.8 Å². The Bertz CT molecular complexity index is 3580. The van der Waals surface area contributed by atoms with Crippen molar-refractivity contribution in [3.05, 3.63) is 140 Å². The number of fused-ring (bicyclic) bond motifs is 8. The van der Waals surface area contributed by atoms with Crippen molar-refractivity contribution in [2.75, 3.05) is 0 Å². The summed E-state index contributed by atoms with van der Waals surface area (Å²) in [5.41, 5.74) is -0.647. The average molecular weight is 1070 g/mol. The van der Waals surface area contributed by atoms with Gasteiger partial charge in [-0.1, -0.05) is 94.9 Å². The van der Waals surface area contributed by atoms with E-state index in [4.69, 9.17) is 56.4 Å². The van der Waals surface area contributed by atoms with Crippen molar-refractivity contribution in [2.45, 2.75) is 19.6 Å². The fraction of sp³-hybridized carbons (Fsp3) is 0. The Labute approximate surface area is 406 Å². The maximum Gasteiger partial charge on any atom is 0.296 e. The van der Waals surface area contributed by atoms with Crippen LogP contribution in [0, 0.1) is 0 Å². The van der Waals surface area contributed by atoms with E-state index in [-0.39, 0.29) is 109 Å². The molecule has 4 aromatic carbocycles. The minimum atomic E-state index is -5.10. The van der Waals surface area contributed by atoms with Crippen LogP contribution < -0.4 is 0 Å². The van der Waals surface area contributed by atoms with Gasteiger partial charge in [-0.05, 0) is 72.8 Å². The van der Waals surface area contributed by atoms with E-state index >= 15 is 0 Å². The van der Waals surface area contributed by atoms with Crippen molar-refractivity contribution < 1.29 is 51.9 Å². The molecule has 2 aliphatic rings. The van der Waals surface area contributed by atoms with E-state index in [9.17, 15) is 51.9 Å². The molecule has 7 aromatic rings. The third-order valence-electron chi connectivity index (χ3n) is 10.7. The molecular formula is C44H26Cl4N4O12S4. The first-order valence-electron chi connectivity index (χ1n) is 19.1. The Kier molecular flexibility index (Phi) is 11.9. The molecule has 0 spiro atoms. The molecule has 0 radical (unpaired) electrons. The van der Waals surface area contributed by atoms with Gasteiger partial charge in [-0.15, -0.1) is 0 Å². The predicted molar refractivity (Wildman–Crippen MR) is 260 cm³/mol. The molecule has 0 saturated carbocycles. The van der Waals surface area contributed by atoms with Gasteiger partial charge in [0, 0.05) is 66.6 Å². The Morgan fingerprint density at radius 2 is 0.544 bits per heavy atom. The Morgan fingerprint density at radius 1 is 0.338 bits per heavy atom. The molecule has 68 heavy (non-hydrogen) atoms. The molecule has 8 bridgehead atoms. The highest BCUT2D eigenvalue weighted by molar-refractivity contribution is 7.87. The van der Waals surface area contributed by atoms with Gasteiger partial charge in [0.1, 0.15) is 19.6 Å². The SMILES string of the molecule is O=S(=O)(O)c1c(Cl)cccc1-c1c2nc(c(-c3cccc(Cl)c3S(=O)(=O)O)c3ccc([nH]3)c(-c3cccc(Cl)c3S(=O)(=O)O)c3nc(c(-c4cccc(Cl)c4S(=O)(=O)O)c4ccc1[nH]4)C=C3)C=C2. The summed E-state index contributed by atoms with van der Waals surface area (Å²) in [6, 6.07) is 21.8. The number of rotatable bonds is 8. The third-order valence-corrected chi connectivity index (χ3v) is 16.3. The number of halogens is 4. The number of aromatic amines is 2. The van der Waals surface area contributed by atoms with Gasteiger partial charge < -0.3 is 9.97 Å². The van der Waals surface area contributed by atoms with Crippen molar-refractivity contribution in [1.29, 1.82) is 0 Å². The van der Waals surface area contributed by atoms with Gasteiger partial charge in [0.15, 0.2) is 0 Å². The molecular weight excluding hydrogens is 1050 g/mol. The fourth-order valence-electron chi connectivity index (χ4n) is 8.21. The van der Waals surface area contributed by atoms with Gasteiger partial charge >= 0.3 is 0 Å². The zero-order valence-electron chi connectivity index (χ0n) is 33.6. The van der Waals surface area contributed by atoms with Crippen LogP contribution in [0.15, 0.2) is 117 Å². The highest BCUT2D eigenvalue weighted by Gasteiger charge is 2.30. The minimum Gasteiger partial charge on any atom is -0.354 e. The molecule has 0 unspecified atom stereocenters. The molecule has 5 heterocycles. The molecule has 16 nitrogen and oxygen atoms in total. The molecule has 3 aromatic heterocycles. The maximum atomic E-state index is 13.1. The van der Waals surface area contributed by atoms with E-state index in [2.05, 4.69) is 9.97 Å². The fourth-order valence-corrected chi connectivity index (χ4v) is 13.1. The molecule has 0 fully saturated rings. The van der Waals surface area contributed by atoms with Crippen LogP contribution in [0.2, 0.25) is 20.1 Å². The second-order valence-electron chi connectivity index (χ2n) is 14.9. The number of nitrogens with one attached hydrogen (secondary N) is 2. The van der Waals surface area contributed by atoms with Crippen LogP contribution >= 0.6 is 46.4 Å². The van der Waals surface area contributed by atoms with Gasteiger partial charge in [0.05, 0.1) is 42.9 Å². The molecule has 9 rings (SSSR count). The maximum absolute atomic E-state index is 13.1. The summed E-state index contributed by atoms with van der Waals surface area (Å²) in [5.74, 6) is 0. The summed E-state index contributed by atoms with van der Waals surface area (Å²) in [7, 11) is -20.4. The van der Waals surface area contributed by atoms with Gasteiger partial charge in [0.2, 0.25) is 0 Å². The number of hydrogen-bond donors (Lipinski definition) is 6. The lowest BCUT2D eigenvalue weighted by Crippen LogP contribution is -2.03. The molecule has 0 atom stereocenters. The largest absolute Gasteiger partial charge is 0.354 e. The molecule has 24 heteroatoms. The van der Waals surface area contributed by atoms with Crippen molar-refractivity contribution >= 4 is 133 Å². The first kappa shape index (κ1) is 47.4. The lowest BCUT2D eigenvalue weighted by molar-refractivity contribution is 0.481. The summed E-state index contributed by atoms with van der Waals surface area (Å²) in [4.78, 5) is 13.2. The van der Waals surface area contributed by atoms with E-state index in [1.807, 2.05) is 0 Å². The summed E-state index contributed by atoms with van der Waals surface area (Å²) in [6.45, 7) is 0. The zero-order valence-corrected chi connectivity index (χ0v) is 39.9. The molecule has 2 aliphatic heterocycles. The third kappa shape index (κ3) is 8.46.